The summed E-state index contributed by atoms with van der Waals surface area (Å²) in [6, 6.07) is 10.3. The van der Waals surface area contributed by atoms with Crippen LogP contribution in [0.3, 0.4) is 0 Å². The number of rotatable bonds is 5. The molecule has 0 unspecified atom stereocenters. The van der Waals surface area contributed by atoms with Crippen LogP contribution < -0.4 is 4.74 Å². The second kappa shape index (κ2) is 7.17. The van der Waals surface area contributed by atoms with Crippen molar-refractivity contribution >= 4 is 0 Å². The van der Waals surface area contributed by atoms with Crippen LogP contribution in [-0.4, -0.2) is 9.97 Å². The highest BCUT2D eigenvalue weighted by atomic mass is 19.1. The molecule has 0 N–H and O–H groups in total. The normalized spacial score (nSPS) is 10.6. The number of ether oxygens (including phenoxy) is 1. The number of para-hydroxylation sites is 1. The van der Waals surface area contributed by atoms with E-state index in [1.54, 1.807) is 24.5 Å². The largest absolute Gasteiger partial charge is 0.454 e. The predicted octanol–water partition coefficient (Wildman–Crippen LogP) is 5.17. The molecule has 0 aliphatic rings. The smallest absolute Gasteiger partial charge is 0.168 e. The Hall–Kier alpha value is -2.82. The first-order valence-electron chi connectivity index (χ1n) is 7.70. The number of aryl methyl sites for hydroxylation is 1. The van der Waals surface area contributed by atoms with Crippen LogP contribution in [0.1, 0.15) is 19.0 Å². The zero-order chi connectivity index (χ0) is 16.9. The molecule has 1 heterocycles. The maximum Gasteiger partial charge on any atom is 0.168 e. The fraction of sp³-hybridized carbons (Fsp3) is 0.158. The van der Waals surface area contributed by atoms with Crippen molar-refractivity contribution in [2.24, 2.45) is 0 Å². The highest BCUT2D eigenvalue weighted by Gasteiger charge is 2.12. The fourth-order valence-electron chi connectivity index (χ4n) is 2.32. The Morgan fingerprint density at radius 3 is 2.50 bits per heavy atom. The number of hydrogen-bond donors (Lipinski definition) is 0. The third kappa shape index (κ3) is 3.56. The molecule has 122 valence electrons. The monoisotopic (exact) mass is 326 g/mol. The predicted molar refractivity (Wildman–Crippen MR) is 87.9 cm³/mol. The Kier molecular flexibility index (Phi) is 4.79. The van der Waals surface area contributed by atoms with E-state index in [1.807, 2.05) is 12.1 Å². The lowest BCUT2D eigenvalue weighted by Crippen LogP contribution is -1.95. The molecule has 0 amide bonds. The average molecular weight is 326 g/mol. The number of aromatic nitrogens is 2. The van der Waals surface area contributed by atoms with E-state index >= 15 is 0 Å². The summed E-state index contributed by atoms with van der Waals surface area (Å²) < 4.78 is 32.5. The van der Waals surface area contributed by atoms with E-state index < -0.39 is 11.6 Å². The first kappa shape index (κ1) is 16.1. The van der Waals surface area contributed by atoms with Crippen LogP contribution in [0.5, 0.6) is 11.5 Å². The maximum atomic E-state index is 13.8. The van der Waals surface area contributed by atoms with Gasteiger partial charge < -0.3 is 4.74 Å². The van der Waals surface area contributed by atoms with E-state index in [4.69, 9.17) is 4.74 Å². The minimum absolute atomic E-state index is 0.0422. The highest BCUT2D eigenvalue weighted by molar-refractivity contribution is 5.66. The van der Waals surface area contributed by atoms with Gasteiger partial charge >= 0.3 is 0 Å². The van der Waals surface area contributed by atoms with E-state index in [9.17, 15) is 8.78 Å². The van der Waals surface area contributed by atoms with Gasteiger partial charge in [0.05, 0.1) is 17.6 Å². The molecule has 0 atom stereocenters. The molecule has 0 radical (unpaired) electrons. The average Bonchev–Trinajstić information content (AvgIpc) is 2.59. The minimum atomic E-state index is -0.755. The molecule has 3 nitrogen and oxygen atoms in total. The van der Waals surface area contributed by atoms with Gasteiger partial charge in [-0.3, -0.25) is 9.97 Å². The highest BCUT2D eigenvalue weighted by Crippen LogP contribution is 2.33. The molecule has 0 bridgehead atoms. The molecule has 0 saturated heterocycles. The molecule has 0 spiro atoms. The van der Waals surface area contributed by atoms with E-state index in [0.29, 0.717) is 17.0 Å². The van der Waals surface area contributed by atoms with Gasteiger partial charge in [-0.25, -0.2) is 8.78 Å². The topological polar surface area (TPSA) is 35.0 Å². The molecule has 0 fully saturated rings. The van der Waals surface area contributed by atoms with Crippen LogP contribution in [-0.2, 0) is 6.42 Å². The van der Waals surface area contributed by atoms with Crippen molar-refractivity contribution in [1.29, 1.82) is 0 Å². The third-order valence-corrected chi connectivity index (χ3v) is 3.49. The summed E-state index contributed by atoms with van der Waals surface area (Å²) in [4.78, 5) is 8.79. The molecule has 5 heteroatoms. The van der Waals surface area contributed by atoms with Gasteiger partial charge in [0.25, 0.3) is 0 Å². The Morgan fingerprint density at radius 1 is 0.958 bits per heavy atom. The fourth-order valence-corrected chi connectivity index (χ4v) is 2.32. The number of halogens is 2. The SMILES string of the molecule is CCCc1cnc(-c2ccccc2Oc2ccc(F)cc2F)cn1. The molecule has 3 aromatic rings. The minimum Gasteiger partial charge on any atom is -0.454 e. The van der Waals surface area contributed by atoms with Gasteiger partial charge in [0.1, 0.15) is 11.6 Å². The lowest BCUT2D eigenvalue weighted by Gasteiger charge is -2.11. The van der Waals surface area contributed by atoms with E-state index in [-0.39, 0.29) is 5.75 Å². The maximum absolute atomic E-state index is 13.8. The quantitative estimate of drug-likeness (QED) is 0.649. The number of benzene rings is 2. The molecule has 0 aliphatic heterocycles. The second-order valence-corrected chi connectivity index (χ2v) is 5.32. The number of nitrogens with zero attached hydrogens (tertiary/aromatic N) is 2. The van der Waals surface area contributed by atoms with Gasteiger partial charge in [-0.05, 0) is 30.7 Å². The van der Waals surface area contributed by atoms with Gasteiger partial charge in [-0.15, -0.1) is 0 Å². The lowest BCUT2D eigenvalue weighted by atomic mass is 10.1. The van der Waals surface area contributed by atoms with Crippen LogP contribution >= 0.6 is 0 Å². The van der Waals surface area contributed by atoms with Crippen LogP contribution in [0, 0.1) is 11.6 Å². The first-order valence-corrected chi connectivity index (χ1v) is 7.70. The van der Waals surface area contributed by atoms with Crippen molar-refractivity contribution in [3.8, 4) is 22.8 Å². The van der Waals surface area contributed by atoms with Crippen molar-refractivity contribution in [2.75, 3.05) is 0 Å². The molecule has 3 rings (SSSR count). The molecular formula is C19H16F2N2O. The van der Waals surface area contributed by atoms with Crippen molar-refractivity contribution in [2.45, 2.75) is 19.8 Å². The van der Waals surface area contributed by atoms with Crippen molar-refractivity contribution < 1.29 is 13.5 Å². The van der Waals surface area contributed by atoms with E-state index in [1.165, 1.54) is 6.07 Å². The summed E-state index contributed by atoms with van der Waals surface area (Å²) in [5.74, 6) is -1.01. The Labute approximate surface area is 139 Å². The molecule has 2 aromatic carbocycles. The van der Waals surface area contributed by atoms with Gasteiger partial charge in [0.2, 0.25) is 0 Å². The van der Waals surface area contributed by atoms with Gasteiger partial charge in [-0.1, -0.05) is 25.5 Å². The van der Waals surface area contributed by atoms with Gasteiger partial charge in [0, 0.05) is 17.8 Å². The molecule has 0 aliphatic carbocycles. The van der Waals surface area contributed by atoms with Crippen molar-refractivity contribution in [3.05, 3.63) is 72.2 Å². The van der Waals surface area contributed by atoms with Gasteiger partial charge in [-0.2, -0.15) is 0 Å². The summed E-state index contributed by atoms with van der Waals surface area (Å²) in [6.45, 7) is 2.08. The third-order valence-electron chi connectivity index (χ3n) is 3.49. The summed E-state index contributed by atoms with van der Waals surface area (Å²) >= 11 is 0. The Morgan fingerprint density at radius 2 is 1.79 bits per heavy atom. The van der Waals surface area contributed by atoms with Crippen molar-refractivity contribution in [1.82, 2.24) is 9.97 Å². The molecule has 0 saturated carbocycles. The standard InChI is InChI=1S/C19H16F2N2O/c1-2-5-14-11-23-17(12-22-14)15-6-3-4-7-18(15)24-19-9-8-13(20)10-16(19)21/h3-4,6-12H,2,5H2,1H3. The summed E-state index contributed by atoms with van der Waals surface area (Å²) in [5.41, 5.74) is 2.24. The van der Waals surface area contributed by atoms with Crippen LogP contribution in [0.4, 0.5) is 8.78 Å². The zero-order valence-corrected chi connectivity index (χ0v) is 13.2. The number of hydrogen-bond acceptors (Lipinski definition) is 3. The summed E-state index contributed by atoms with van der Waals surface area (Å²) in [6.07, 6.45) is 5.27. The molecular weight excluding hydrogens is 310 g/mol. The van der Waals surface area contributed by atoms with Crippen molar-refractivity contribution in [3.63, 3.8) is 0 Å². The van der Waals surface area contributed by atoms with Crippen LogP contribution in [0.15, 0.2) is 54.9 Å². The molecule has 1 aromatic heterocycles. The van der Waals surface area contributed by atoms with Gasteiger partial charge in [0.15, 0.2) is 11.6 Å². The van der Waals surface area contributed by atoms with E-state index in [2.05, 4.69) is 16.9 Å². The van der Waals surface area contributed by atoms with E-state index in [0.717, 1.165) is 30.7 Å². The summed E-state index contributed by atoms with van der Waals surface area (Å²) in [7, 11) is 0. The summed E-state index contributed by atoms with van der Waals surface area (Å²) in [5, 5.41) is 0. The first-order chi connectivity index (χ1) is 11.7. The Balaban J connectivity index is 1.93. The molecule has 24 heavy (non-hydrogen) atoms. The lowest BCUT2D eigenvalue weighted by molar-refractivity contribution is 0.439. The second-order valence-electron chi connectivity index (χ2n) is 5.32. The Bertz CT molecular complexity index is 835. The van der Waals surface area contributed by atoms with Crippen LogP contribution in [0.25, 0.3) is 11.3 Å². The van der Waals surface area contributed by atoms with Crippen LogP contribution in [0.2, 0.25) is 0 Å². The zero-order valence-electron chi connectivity index (χ0n) is 13.2.